The van der Waals surface area contributed by atoms with Gasteiger partial charge in [-0.2, -0.15) is 22.5 Å². The van der Waals surface area contributed by atoms with Crippen LogP contribution in [0.5, 0.6) is 0 Å². The smallest absolute Gasteiger partial charge is 0.253 e. The van der Waals surface area contributed by atoms with Crippen LogP contribution in [0.25, 0.3) is 0 Å². The van der Waals surface area contributed by atoms with Crippen molar-refractivity contribution in [3.05, 3.63) is 23.5 Å². The van der Waals surface area contributed by atoms with Crippen molar-refractivity contribution >= 4 is 5.69 Å². The highest BCUT2D eigenvalue weighted by atomic mass is 19.2. The largest absolute Gasteiger partial charge is 0.377 e. The summed E-state index contributed by atoms with van der Waals surface area (Å²) in [5.74, 6) is -4.62. The fourth-order valence-corrected chi connectivity index (χ4v) is 3.85. The summed E-state index contributed by atoms with van der Waals surface area (Å²) in [4.78, 5) is 2.55. The van der Waals surface area contributed by atoms with Gasteiger partial charge in [-0.25, -0.2) is 0 Å². The molecule has 1 N–H and O–H groups in total. The van der Waals surface area contributed by atoms with Crippen LogP contribution in [0.1, 0.15) is 32.6 Å². The molecule has 2 nitrogen and oxygen atoms in total. The molecule has 20 heavy (non-hydrogen) atoms. The van der Waals surface area contributed by atoms with Crippen LogP contribution in [-0.4, -0.2) is 11.0 Å². The Balaban J connectivity index is 1.81. The molecule has 0 aliphatic heterocycles. The van der Waals surface area contributed by atoms with Gasteiger partial charge in [0.1, 0.15) is 5.69 Å². The van der Waals surface area contributed by atoms with Crippen LogP contribution in [0.3, 0.4) is 0 Å². The number of hydrogen-bond acceptors (Lipinski definition) is 2. The van der Waals surface area contributed by atoms with Crippen molar-refractivity contribution in [2.45, 2.75) is 38.6 Å². The maximum Gasteiger partial charge on any atom is 0.253 e. The summed E-state index contributed by atoms with van der Waals surface area (Å²) in [6, 6.07) is -0.226. The fourth-order valence-electron chi connectivity index (χ4n) is 3.85. The zero-order valence-electron chi connectivity index (χ0n) is 11.1. The van der Waals surface area contributed by atoms with Gasteiger partial charge in [-0.3, -0.25) is 0 Å². The van der Waals surface area contributed by atoms with Gasteiger partial charge < -0.3 is 5.32 Å². The van der Waals surface area contributed by atoms with Gasteiger partial charge >= 0.3 is 0 Å². The Morgan fingerprint density at radius 2 is 1.70 bits per heavy atom. The molecule has 2 saturated carbocycles. The van der Waals surface area contributed by atoms with E-state index in [9.17, 15) is 17.6 Å². The number of nitrogens with zero attached hydrogens (tertiary/aromatic N) is 1. The molecule has 4 atom stereocenters. The van der Waals surface area contributed by atoms with Crippen LogP contribution in [0, 0.1) is 41.3 Å². The Morgan fingerprint density at radius 3 is 2.20 bits per heavy atom. The highest BCUT2D eigenvalue weighted by Crippen LogP contribution is 2.50. The van der Waals surface area contributed by atoms with E-state index < -0.39 is 29.2 Å². The van der Waals surface area contributed by atoms with Crippen molar-refractivity contribution in [1.82, 2.24) is 4.98 Å². The number of halogens is 4. The standard InChI is InChI=1S/C14H16F4N2/c1-6(9-5-7-2-3-8(9)4-7)19-12-10(15)13(17)20-14(18)11(12)16/h6-9H,2-5H2,1H3,(H,19,20). The lowest BCUT2D eigenvalue weighted by Gasteiger charge is -2.29. The average Bonchev–Trinajstić information content (AvgIpc) is 3.03. The van der Waals surface area contributed by atoms with Crippen molar-refractivity contribution in [3.8, 4) is 0 Å². The lowest BCUT2D eigenvalue weighted by molar-refractivity contribution is 0.302. The summed E-state index contributed by atoms with van der Waals surface area (Å²) in [5, 5.41) is 2.62. The average molecular weight is 288 g/mol. The van der Waals surface area contributed by atoms with Gasteiger partial charge in [-0.1, -0.05) is 6.42 Å². The minimum Gasteiger partial charge on any atom is -0.377 e. The predicted molar refractivity (Wildman–Crippen MR) is 66.1 cm³/mol. The third-order valence-corrected chi connectivity index (χ3v) is 4.80. The Bertz CT molecular complexity index is 508. The van der Waals surface area contributed by atoms with E-state index in [1.54, 1.807) is 6.92 Å². The summed E-state index contributed by atoms with van der Waals surface area (Å²) in [7, 11) is 0. The first-order chi connectivity index (χ1) is 9.47. The number of rotatable bonds is 3. The number of pyridine rings is 1. The van der Waals surface area contributed by atoms with Crippen LogP contribution in [0.4, 0.5) is 23.2 Å². The Morgan fingerprint density at radius 1 is 1.05 bits per heavy atom. The number of fused-ring (bicyclic) bond motifs is 2. The SMILES string of the molecule is CC(Nc1c(F)c(F)nc(F)c1F)C1CC2CCC1C2. The molecule has 0 aromatic carbocycles. The minimum absolute atomic E-state index is 0.226. The summed E-state index contributed by atoms with van der Waals surface area (Å²) in [6.45, 7) is 1.81. The fraction of sp³-hybridized carbons (Fsp3) is 0.643. The third-order valence-electron chi connectivity index (χ3n) is 4.80. The molecule has 0 radical (unpaired) electrons. The normalized spacial score (nSPS) is 29.8. The first-order valence-corrected chi connectivity index (χ1v) is 6.94. The first kappa shape index (κ1) is 13.6. The maximum absolute atomic E-state index is 13.6. The molecule has 1 aromatic rings. The summed E-state index contributed by atoms with van der Waals surface area (Å²) in [5.41, 5.74) is -0.745. The molecule has 0 amide bonds. The van der Waals surface area contributed by atoms with E-state index in [0.29, 0.717) is 17.8 Å². The Labute approximate surface area is 114 Å². The van der Waals surface area contributed by atoms with Crippen LogP contribution < -0.4 is 5.32 Å². The van der Waals surface area contributed by atoms with E-state index in [4.69, 9.17) is 0 Å². The second kappa shape index (κ2) is 4.90. The van der Waals surface area contributed by atoms with E-state index in [-0.39, 0.29) is 6.04 Å². The van der Waals surface area contributed by atoms with Gasteiger partial charge in [0, 0.05) is 6.04 Å². The molecule has 2 aliphatic rings. The first-order valence-electron chi connectivity index (χ1n) is 6.94. The number of hydrogen-bond donors (Lipinski definition) is 1. The second-order valence-electron chi connectivity index (χ2n) is 5.97. The van der Waals surface area contributed by atoms with Crippen molar-refractivity contribution in [2.75, 3.05) is 5.32 Å². The summed E-state index contributed by atoms with van der Waals surface area (Å²) in [6.07, 6.45) is 4.51. The quantitative estimate of drug-likeness (QED) is 0.674. The van der Waals surface area contributed by atoms with Gasteiger partial charge in [-0.05, 0) is 43.9 Å². The third kappa shape index (κ3) is 2.15. The molecule has 0 spiro atoms. The Hall–Kier alpha value is -1.33. The molecule has 1 aromatic heterocycles. The van der Waals surface area contributed by atoms with Crippen LogP contribution in [0.15, 0.2) is 0 Å². The number of anilines is 1. The van der Waals surface area contributed by atoms with E-state index in [0.717, 1.165) is 19.3 Å². The minimum atomic E-state index is -1.62. The van der Waals surface area contributed by atoms with Gasteiger partial charge in [0.25, 0.3) is 11.9 Å². The van der Waals surface area contributed by atoms with Gasteiger partial charge in [0.2, 0.25) is 11.6 Å². The summed E-state index contributed by atoms with van der Waals surface area (Å²) < 4.78 is 53.3. The van der Waals surface area contributed by atoms with Crippen LogP contribution in [-0.2, 0) is 0 Å². The maximum atomic E-state index is 13.6. The van der Waals surface area contributed by atoms with Crippen LogP contribution >= 0.6 is 0 Å². The van der Waals surface area contributed by atoms with E-state index >= 15 is 0 Å². The molecule has 3 rings (SSSR count). The molecule has 110 valence electrons. The van der Waals surface area contributed by atoms with Crippen molar-refractivity contribution in [2.24, 2.45) is 17.8 Å². The Kier molecular flexibility index (Phi) is 3.34. The lowest BCUT2D eigenvalue weighted by atomic mass is 9.84. The van der Waals surface area contributed by atoms with Crippen molar-refractivity contribution in [3.63, 3.8) is 0 Å². The second-order valence-corrected chi connectivity index (χ2v) is 5.97. The highest BCUT2D eigenvalue weighted by Gasteiger charge is 2.42. The van der Waals surface area contributed by atoms with Crippen molar-refractivity contribution < 1.29 is 17.6 Å². The van der Waals surface area contributed by atoms with Gasteiger partial charge in [0.05, 0.1) is 0 Å². The zero-order chi connectivity index (χ0) is 14.4. The van der Waals surface area contributed by atoms with E-state index in [1.165, 1.54) is 6.42 Å². The summed E-state index contributed by atoms with van der Waals surface area (Å²) >= 11 is 0. The molecular weight excluding hydrogens is 272 g/mol. The lowest BCUT2D eigenvalue weighted by Crippen LogP contribution is -2.31. The topological polar surface area (TPSA) is 24.9 Å². The molecule has 1 heterocycles. The van der Waals surface area contributed by atoms with E-state index in [2.05, 4.69) is 10.3 Å². The van der Waals surface area contributed by atoms with Gasteiger partial charge in [-0.15, -0.1) is 0 Å². The van der Waals surface area contributed by atoms with Gasteiger partial charge in [0.15, 0.2) is 0 Å². The monoisotopic (exact) mass is 288 g/mol. The predicted octanol–water partition coefficient (Wildman–Crippen LogP) is 3.87. The number of nitrogens with one attached hydrogen (secondary N) is 1. The molecular formula is C14H16F4N2. The van der Waals surface area contributed by atoms with Crippen molar-refractivity contribution in [1.29, 1.82) is 0 Å². The zero-order valence-corrected chi connectivity index (χ0v) is 11.1. The molecule has 2 bridgehead atoms. The molecule has 4 unspecified atom stereocenters. The molecule has 6 heteroatoms. The highest BCUT2D eigenvalue weighted by molar-refractivity contribution is 5.46. The molecule has 0 saturated heterocycles. The molecule has 2 aliphatic carbocycles. The van der Waals surface area contributed by atoms with E-state index in [1.807, 2.05) is 0 Å². The van der Waals surface area contributed by atoms with Crippen LogP contribution in [0.2, 0.25) is 0 Å². The number of aromatic nitrogens is 1. The molecule has 2 fully saturated rings.